The van der Waals surface area contributed by atoms with Crippen molar-refractivity contribution in [2.75, 3.05) is 48.6 Å². The van der Waals surface area contributed by atoms with Crippen molar-refractivity contribution in [1.82, 2.24) is 4.90 Å². The molecule has 0 bridgehead atoms. The SMILES string of the molecule is COc1cc(/C=C/C(=O)N2CC=C(c3c(OC)cc(OC)cc3OC)CC2)cc(OC)c1. The van der Waals surface area contributed by atoms with Crippen molar-refractivity contribution in [2.45, 2.75) is 6.42 Å². The maximum atomic E-state index is 12.7. The molecule has 0 fully saturated rings. The van der Waals surface area contributed by atoms with E-state index in [1.165, 1.54) is 0 Å². The van der Waals surface area contributed by atoms with E-state index < -0.39 is 0 Å². The van der Waals surface area contributed by atoms with Crippen LogP contribution in [0.4, 0.5) is 0 Å². The van der Waals surface area contributed by atoms with E-state index in [2.05, 4.69) is 0 Å². The molecule has 0 saturated heterocycles. The van der Waals surface area contributed by atoms with Crippen LogP contribution in [0, 0.1) is 0 Å². The van der Waals surface area contributed by atoms with Gasteiger partial charge < -0.3 is 28.6 Å². The number of rotatable bonds is 8. The predicted octanol–water partition coefficient (Wildman–Crippen LogP) is 4.06. The van der Waals surface area contributed by atoms with Gasteiger partial charge >= 0.3 is 0 Å². The van der Waals surface area contributed by atoms with Gasteiger partial charge in [0.1, 0.15) is 28.7 Å². The van der Waals surface area contributed by atoms with E-state index in [0.717, 1.165) is 16.7 Å². The molecule has 7 nitrogen and oxygen atoms in total. The van der Waals surface area contributed by atoms with Crippen molar-refractivity contribution in [3.63, 3.8) is 0 Å². The van der Waals surface area contributed by atoms with Gasteiger partial charge in [0.05, 0.1) is 41.1 Å². The lowest BCUT2D eigenvalue weighted by Gasteiger charge is -2.27. The molecule has 0 atom stereocenters. The molecule has 1 aliphatic rings. The van der Waals surface area contributed by atoms with E-state index in [0.29, 0.717) is 48.3 Å². The Kier molecular flexibility index (Phi) is 7.65. The first-order valence-corrected chi connectivity index (χ1v) is 10.2. The molecule has 32 heavy (non-hydrogen) atoms. The average Bonchev–Trinajstić information content (AvgIpc) is 2.86. The zero-order valence-electron chi connectivity index (χ0n) is 19.1. The lowest BCUT2D eigenvalue weighted by Crippen LogP contribution is -2.33. The molecule has 0 radical (unpaired) electrons. The van der Waals surface area contributed by atoms with E-state index in [-0.39, 0.29) is 5.91 Å². The van der Waals surface area contributed by atoms with Gasteiger partial charge in [0.25, 0.3) is 0 Å². The summed E-state index contributed by atoms with van der Waals surface area (Å²) in [5.74, 6) is 3.30. The van der Waals surface area contributed by atoms with Crippen LogP contribution in [0.1, 0.15) is 17.5 Å². The molecule has 3 rings (SSSR count). The summed E-state index contributed by atoms with van der Waals surface area (Å²) in [4.78, 5) is 14.5. The molecule has 1 heterocycles. The van der Waals surface area contributed by atoms with Crippen LogP contribution in [-0.2, 0) is 4.79 Å². The van der Waals surface area contributed by atoms with Crippen molar-refractivity contribution in [3.05, 3.63) is 53.6 Å². The molecule has 1 aliphatic heterocycles. The normalized spacial score (nSPS) is 13.5. The number of hydrogen-bond acceptors (Lipinski definition) is 6. The molecule has 0 unspecified atom stereocenters. The minimum atomic E-state index is -0.0595. The summed E-state index contributed by atoms with van der Waals surface area (Å²) in [6.45, 7) is 1.09. The highest BCUT2D eigenvalue weighted by Crippen LogP contribution is 2.40. The van der Waals surface area contributed by atoms with Crippen LogP contribution in [-0.4, -0.2) is 59.4 Å². The van der Waals surface area contributed by atoms with Crippen molar-refractivity contribution < 1.29 is 28.5 Å². The number of amides is 1. The Morgan fingerprint density at radius 1 is 0.812 bits per heavy atom. The zero-order chi connectivity index (χ0) is 23.1. The maximum Gasteiger partial charge on any atom is 0.246 e. The van der Waals surface area contributed by atoms with Crippen molar-refractivity contribution >= 4 is 17.6 Å². The third-order valence-corrected chi connectivity index (χ3v) is 5.35. The van der Waals surface area contributed by atoms with Gasteiger partial charge in [-0.25, -0.2) is 0 Å². The number of carbonyl (C=O) groups excluding carboxylic acids is 1. The lowest BCUT2D eigenvalue weighted by molar-refractivity contribution is -0.125. The van der Waals surface area contributed by atoms with E-state index in [1.807, 2.05) is 30.3 Å². The first-order chi connectivity index (χ1) is 15.5. The van der Waals surface area contributed by atoms with Gasteiger partial charge in [-0.1, -0.05) is 6.08 Å². The van der Waals surface area contributed by atoms with Gasteiger partial charge in [0, 0.05) is 37.4 Å². The molecule has 1 amide bonds. The molecule has 0 aliphatic carbocycles. The highest BCUT2D eigenvalue weighted by atomic mass is 16.5. The molecule has 2 aromatic rings. The highest BCUT2D eigenvalue weighted by molar-refractivity contribution is 5.92. The second-order valence-electron chi connectivity index (χ2n) is 7.15. The topological polar surface area (TPSA) is 66.5 Å². The summed E-state index contributed by atoms with van der Waals surface area (Å²) in [5, 5.41) is 0. The zero-order valence-corrected chi connectivity index (χ0v) is 19.1. The third-order valence-electron chi connectivity index (χ3n) is 5.35. The van der Waals surface area contributed by atoms with Gasteiger partial charge in [-0.2, -0.15) is 0 Å². The summed E-state index contributed by atoms with van der Waals surface area (Å²) in [7, 11) is 8.03. The third kappa shape index (κ3) is 5.17. The Labute approximate surface area is 188 Å². The minimum Gasteiger partial charge on any atom is -0.497 e. The first kappa shape index (κ1) is 23.1. The Hall–Kier alpha value is -3.61. The number of nitrogens with zero attached hydrogens (tertiary/aromatic N) is 1. The number of methoxy groups -OCH3 is 5. The standard InChI is InChI=1S/C25H29NO6/c1-28-19-12-17(13-20(14-19)29-2)6-7-24(27)26-10-8-18(9-11-26)25-22(31-4)15-21(30-3)16-23(25)32-5/h6-8,12-16H,9-11H2,1-5H3/b7-6+. The maximum absolute atomic E-state index is 12.7. The fourth-order valence-corrected chi connectivity index (χ4v) is 3.62. The van der Waals surface area contributed by atoms with Gasteiger partial charge in [0.2, 0.25) is 5.91 Å². The lowest BCUT2D eigenvalue weighted by atomic mass is 9.97. The molecule has 0 saturated carbocycles. The van der Waals surface area contributed by atoms with Gasteiger partial charge in [-0.05, 0) is 35.8 Å². The molecule has 0 N–H and O–H groups in total. The van der Waals surface area contributed by atoms with Crippen molar-refractivity contribution in [2.24, 2.45) is 0 Å². The molecule has 2 aromatic carbocycles. The molecule has 0 aromatic heterocycles. The summed E-state index contributed by atoms with van der Waals surface area (Å²) < 4.78 is 27.0. The number of ether oxygens (including phenoxy) is 5. The summed E-state index contributed by atoms with van der Waals surface area (Å²) in [5.41, 5.74) is 2.80. The van der Waals surface area contributed by atoms with Crippen LogP contribution in [0.2, 0.25) is 0 Å². The van der Waals surface area contributed by atoms with E-state index in [1.54, 1.807) is 58.7 Å². The van der Waals surface area contributed by atoms with Crippen LogP contribution in [0.5, 0.6) is 28.7 Å². The van der Waals surface area contributed by atoms with Crippen molar-refractivity contribution in [3.8, 4) is 28.7 Å². The Balaban J connectivity index is 1.76. The average molecular weight is 440 g/mol. The second-order valence-corrected chi connectivity index (χ2v) is 7.15. The van der Waals surface area contributed by atoms with Gasteiger partial charge in [0.15, 0.2) is 0 Å². The van der Waals surface area contributed by atoms with E-state index in [4.69, 9.17) is 23.7 Å². The van der Waals surface area contributed by atoms with Gasteiger partial charge in [-0.3, -0.25) is 4.79 Å². The second kappa shape index (κ2) is 10.6. The van der Waals surface area contributed by atoms with Crippen LogP contribution in [0.3, 0.4) is 0 Å². The van der Waals surface area contributed by atoms with Crippen molar-refractivity contribution in [1.29, 1.82) is 0 Å². The number of carbonyl (C=O) groups is 1. The Morgan fingerprint density at radius 2 is 1.38 bits per heavy atom. The minimum absolute atomic E-state index is 0.0595. The van der Waals surface area contributed by atoms with Crippen LogP contribution >= 0.6 is 0 Å². The molecule has 0 spiro atoms. The Bertz CT molecular complexity index is 980. The number of hydrogen-bond donors (Lipinski definition) is 0. The largest absolute Gasteiger partial charge is 0.497 e. The van der Waals surface area contributed by atoms with E-state index in [9.17, 15) is 4.79 Å². The number of benzene rings is 2. The van der Waals surface area contributed by atoms with Gasteiger partial charge in [-0.15, -0.1) is 0 Å². The molecule has 170 valence electrons. The first-order valence-electron chi connectivity index (χ1n) is 10.2. The monoisotopic (exact) mass is 439 g/mol. The van der Waals surface area contributed by atoms with Crippen LogP contribution in [0.15, 0.2) is 42.5 Å². The van der Waals surface area contributed by atoms with E-state index >= 15 is 0 Å². The smallest absolute Gasteiger partial charge is 0.246 e. The highest BCUT2D eigenvalue weighted by Gasteiger charge is 2.22. The summed E-state index contributed by atoms with van der Waals surface area (Å²) in [6.07, 6.45) is 6.06. The van der Waals surface area contributed by atoms with Crippen LogP contribution < -0.4 is 23.7 Å². The fourth-order valence-electron chi connectivity index (χ4n) is 3.62. The quantitative estimate of drug-likeness (QED) is 0.578. The van der Waals surface area contributed by atoms with Crippen LogP contribution in [0.25, 0.3) is 11.6 Å². The predicted molar refractivity (Wildman–Crippen MR) is 124 cm³/mol. The molecular weight excluding hydrogens is 410 g/mol. The Morgan fingerprint density at radius 3 is 1.84 bits per heavy atom. The summed E-state index contributed by atoms with van der Waals surface area (Å²) in [6, 6.07) is 9.16. The fraction of sp³-hybridized carbons (Fsp3) is 0.320. The molecular formula is C25H29NO6. The summed E-state index contributed by atoms with van der Waals surface area (Å²) >= 11 is 0. The molecule has 7 heteroatoms.